The molecule has 3 aromatic carbocycles. The number of carbonyl (C=O) groups excluding carboxylic acids is 5. The summed E-state index contributed by atoms with van der Waals surface area (Å²) in [6.07, 6.45) is 0.982. The molecule has 60 heavy (non-hydrogen) atoms. The molecule has 13 nitrogen and oxygen atoms in total. The summed E-state index contributed by atoms with van der Waals surface area (Å²) >= 11 is 6.24. The van der Waals surface area contributed by atoms with Gasteiger partial charge in [-0.25, -0.2) is 8.78 Å². The van der Waals surface area contributed by atoms with E-state index < -0.39 is 57.7 Å². The SMILES string of the molecule is CC1(C)[C@H](NC(=O)c2ccc(N3CCN(C4CCN(c5cc6c(c(F)c5F)C(=O)N(C5CCC(=O)NC5=O)C6=O)CC4)CC3)cc2)C(C)(C)[C@H]1Oc1ccc(C#N)c(Cl)c1. The van der Waals surface area contributed by atoms with Gasteiger partial charge in [-0.3, -0.25) is 39.1 Å². The van der Waals surface area contributed by atoms with Gasteiger partial charge in [0.1, 0.15) is 24.0 Å². The monoisotopic (exact) mass is 841 g/mol. The number of halogens is 3. The third-order valence-corrected chi connectivity index (χ3v) is 13.5. The zero-order valence-corrected chi connectivity index (χ0v) is 34.6. The van der Waals surface area contributed by atoms with Crippen LogP contribution in [-0.4, -0.2) is 103 Å². The summed E-state index contributed by atoms with van der Waals surface area (Å²) in [6.45, 7) is 12.2. The van der Waals surface area contributed by atoms with E-state index in [1.807, 2.05) is 24.3 Å². The van der Waals surface area contributed by atoms with Crippen molar-refractivity contribution in [2.75, 3.05) is 49.1 Å². The van der Waals surface area contributed by atoms with Gasteiger partial charge in [0.25, 0.3) is 17.7 Å². The lowest BCUT2D eigenvalue weighted by molar-refractivity contribution is -0.164. The lowest BCUT2D eigenvalue weighted by Gasteiger charge is -2.63. The van der Waals surface area contributed by atoms with Crippen molar-refractivity contribution >= 4 is 52.5 Å². The first kappa shape index (κ1) is 41.2. The molecular formula is C44H46ClF2N7O6. The molecule has 4 fully saturated rings. The fraction of sp³-hybridized carbons (Fsp3) is 0.455. The molecule has 0 aromatic heterocycles. The highest BCUT2D eigenvalue weighted by atomic mass is 35.5. The maximum atomic E-state index is 15.5. The van der Waals surface area contributed by atoms with Crippen molar-refractivity contribution in [3.05, 3.63) is 87.4 Å². The van der Waals surface area contributed by atoms with Gasteiger partial charge in [-0.1, -0.05) is 39.3 Å². The number of piperazine rings is 1. The molecule has 4 aliphatic heterocycles. The van der Waals surface area contributed by atoms with Crippen molar-refractivity contribution in [3.63, 3.8) is 0 Å². The number of ether oxygens (including phenoxy) is 1. The number of anilines is 2. The van der Waals surface area contributed by atoms with Crippen LogP contribution in [-0.2, 0) is 9.59 Å². The van der Waals surface area contributed by atoms with Crippen molar-refractivity contribution in [1.82, 2.24) is 20.4 Å². The van der Waals surface area contributed by atoms with Crippen LogP contribution in [0.25, 0.3) is 0 Å². The number of piperidine rings is 2. The molecule has 1 atom stereocenters. The largest absolute Gasteiger partial charge is 0.489 e. The predicted molar refractivity (Wildman–Crippen MR) is 218 cm³/mol. The number of rotatable bonds is 8. The Labute approximate surface area is 351 Å². The second kappa shape index (κ2) is 15.5. The molecule has 0 spiro atoms. The van der Waals surface area contributed by atoms with Crippen LogP contribution < -0.4 is 25.2 Å². The summed E-state index contributed by atoms with van der Waals surface area (Å²) in [7, 11) is 0. The molecule has 314 valence electrons. The molecule has 8 rings (SSSR count). The first-order chi connectivity index (χ1) is 28.5. The van der Waals surface area contributed by atoms with Gasteiger partial charge in [-0.15, -0.1) is 0 Å². The second-order valence-corrected chi connectivity index (χ2v) is 17.9. The lowest BCUT2D eigenvalue weighted by Crippen LogP contribution is -2.74. The van der Waals surface area contributed by atoms with Crippen LogP contribution in [0.3, 0.4) is 0 Å². The van der Waals surface area contributed by atoms with Crippen LogP contribution in [0.1, 0.15) is 90.0 Å². The van der Waals surface area contributed by atoms with E-state index in [4.69, 9.17) is 16.3 Å². The van der Waals surface area contributed by atoms with E-state index in [9.17, 15) is 29.2 Å². The topological polar surface area (TPSA) is 155 Å². The maximum absolute atomic E-state index is 15.5. The molecule has 1 saturated carbocycles. The molecule has 3 saturated heterocycles. The van der Waals surface area contributed by atoms with Gasteiger partial charge in [0, 0.05) is 85.9 Å². The number of nitrogens with one attached hydrogen (secondary N) is 2. The Kier molecular flexibility index (Phi) is 10.6. The fourth-order valence-electron chi connectivity index (χ4n) is 10.2. The summed E-state index contributed by atoms with van der Waals surface area (Å²) in [6, 6.07) is 14.7. The zero-order valence-electron chi connectivity index (χ0n) is 33.8. The number of benzene rings is 3. The first-order valence-corrected chi connectivity index (χ1v) is 20.6. The van der Waals surface area contributed by atoms with E-state index >= 15 is 8.78 Å². The Morgan fingerprint density at radius 3 is 2.15 bits per heavy atom. The van der Waals surface area contributed by atoms with Crippen LogP contribution in [0.2, 0.25) is 5.02 Å². The molecule has 3 aromatic rings. The maximum Gasteiger partial charge on any atom is 0.265 e. The predicted octanol–water partition coefficient (Wildman–Crippen LogP) is 5.29. The smallest absolute Gasteiger partial charge is 0.265 e. The Bertz CT molecular complexity index is 2320. The Morgan fingerprint density at radius 1 is 0.867 bits per heavy atom. The van der Waals surface area contributed by atoms with Gasteiger partial charge in [-0.05, 0) is 61.7 Å². The highest BCUT2D eigenvalue weighted by Crippen LogP contribution is 2.55. The minimum Gasteiger partial charge on any atom is -0.489 e. The van der Waals surface area contributed by atoms with E-state index in [-0.39, 0.29) is 48.2 Å². The minimum atomic E-state index is -1.42. The molecule has 5 aliphatic rings. The van der Waals surface area contributed by atoms with Gasteiger partial charge in [0.05, 0.1) is 27.4 Å². The number of carbonyl (C=O) groups is 5. The minimum absolute atomic E-state index is 0.0819. The van der Waals surface area contributed by atoms with E-state index in [0.29, 0.717) is 52.7 Å². The fourth-order valence-corrected chi connectivity index (χ4v) is 10.4. The average molecular weight is 842 g/mol. The Balaban J connectivity index is 0.832. The number of nitrogens with zero attached hydrogens (tertiary/aromatic N) is 5. The number of nitriles is 1. The molecule has 1 unspecified atom stereocenters. The van der Waals surface area contributed by atoms with Crippen molar-refractivity contribution in [2.45, 2.75) is 77.6 Å². The van der Waals surface area contributed by atoms with Gasteiger partial charge < -0.3 is 19.9 Å². The Morgan fingerprint density at radius 2 is 1.53 bits per heavy atom. The Hall–Kier alpha value is -5.59. The molecule has 0 radical (unpaired) electrons. The highest BCUT2D eigenvalue weighted by Gasteiger charge is 2.64. The van der Waals surface area contributed by atoms with Crippen LogP contribution >= 0.6 is 11.6 Å². The molecule has 0 bridgehead atoms. The first-order valence-electron chi connectivity index (χ1n) is 20.3. The van der Waals surface area contributed by atoms with Crippen LogP contribution in [0.15, 0.2) is 48.5 Å². The van der Waals surface area contributed by atoms with Crippen LogP contribution in [0.4, 0.5) is 20.2 Å². The molecule has 5 amide bonds. The van der Waals surface area contributed by atoms with Crippen LogP contribution in [0, 0.1) is 33.8 Å². The van der Waals surface area contributed by atoms with Crippen molar-refractivity contribution in [1.29, 1.82) is 5.26 Å². The van der Waals surface area contributed by atoms with E-state index in [1.54, 1.807) is 23.1 Å². The molecule has 1 aliphatic carbocycles. The van der Waals surface area contributed by atoms with Gasteiger partial charge >= 0.3 is 0 Å². The molecular weight excluding hydrogens is 796 g/mol. The van der Waals surface area contributed by atoms with E-state index in [1.165, 1.54) is 6.07 Å². The number of hydrogen-bond donors (Lipinski definition) is 2. The summed E-state index contributed by atoms with van der Waals surface area (Å²) in [5.74, 6) is -5.54. The summed E-state index contributed by atoms with van der Waals surface area (Å²) < 4.78 is 37.4. The van der Waals surface area contributed by atoms with Gasteiger partial charge in [0.2, 0.25) is 11.8 Å². The van der Waals surface area contributed by atoms with Crippen molar-refractivity contribution < 1.29 is 37.5 Å². The number of imide groups is 2. The third kappa shape index (κ3) is 7.03. The normalized spacial score (nSPS) is 24.1. The summed E-state index contributed by atoms with van der Waals surface area (Å²) in [5, 5.41) is 14.9. The second-order valence-electron chi connectivity index (χ2n) is 17.5. The van der Waals surface area contributed by atoms with Gasteiger partial charge in [-0.2, -0.15) is 5.26 Å². The van der Waals surface area contributed by atoms with E-state index in [2.05, 4.69) is 54.2 Å². The van der Waals surface area contributed by atoms with Crippen LogP contribution in [0.5, 0.6) is 5.75 Å². The highest BCUT2D eigenvalue weighted by molar-refractivity contribution is 6.31. The third-order valence-electron chi connectivity index (χ3n) is 13.2. The van der Waals surface area contributed by atoms with Crippen molar-refractivity contribution in [2.24, 2.45) is 10.8 Å². The quantitative estimate of drug-likeness (QED) is 0.286. The van der Waals surface area contributed by atoms with Gasteiger partial charge in [0.15, 0.2) is 11.6 Å². The summed E-state index contributed by atoms with van der Waals surface area (Å²) in [5.41, 5.74) is 0.0912. The molecule has 4 heterocycles. The lowest BCUT2D eigenvalue weighted by atomic mass is 9.49. The number of hydrogen-bond acceptors (Lipinski definition) is 10. The summed E-state index contributed by atoms with van der Waals surface area (Å²) in [4.78, 5) is 71.0. The molecule has 16 heteroatoms. The molecule has 2 N–H and O–H groups in total. The van der Waals surface area contributed by atoms with Crippen molar-refractivity contribution in [3.8, 4) is 11.8 Å². The number of amides is 5. The average Bonchev–Trinajstić information content (AvgIpc) is 3.48. The van der Waals surface area contributed by atoms with E-state index in [0.717, 1.165) is 31.9 Å². The number of fused-ring (bicyclic) bond motifs is 1. The zero-order chi connectivity index (χ0) is 42.8. The standard InChI is InChI=1S/C44H46ClF2N7O6/c1-43(2)41(44(3,4)42(43)60-28-10-7-25(23-48)30(45)21-28)50-37(56)24-5-8-26(9-6-24)51-17-19-52(20-18-51)27-13-15-53(16-14-27)32-22-29-34(36(47)35(32)46)40(59)54(39(29)58)31-11-12-33(55)49-38(31)57/h5-10,21-22,27,31,41-42H,11-20H2,1-4H3,(H,50,56)(H,49,55,57)/t31?,41-,42-.